The van der Waals surface area contributed by atoms with Crippen LogP contribution in [0.2, 0.25) is 0 Å². The lowest BCUT2D eigenvalue weighted by Crippen LogP contribution is -2.49. The molecule has 0 spiro atoms. The SMILES string of the molecule is NC(=O)CN1CCC(NC(=O)C2CCCC2N)CC1. The molecule has 0 bridgehead atoms. The zero-order chi connectivity index (χ0) is 13.8. The lowest BCUT2D eigenvalue weighted by Gasteiger charge is -2.32. The summed E-state index contributed by atoms with van der Waals surface area (Å²) in [6.45, 7) is 1.93. The molecule has 2 atom stereocenters. The van der Waals surface area contributed by atoms with Gasteiger partial charge in [-0.1, -0.05) is 6.42 Å². The van der Waals surface area contributed by atoms with Gasteiger partial charge in [0.2, 0.25) is 11.8 Å². The number of carbonyl (C=O) groups excluding carboxylic acids is 2. The molecule has 108 valence electrons. The summed E-state index contributed by atoms with van der Waals surface area (Å²) in [6.07, 6.45) is 4.67. The van der Waals surface area contributed by atoms with E-state index in [1.165, 1.54) is 0 Å². The van der Waals surface area contributed by atoms with Gasteiger partial charge in [-0.25, -0.2) is 0 Å². The molecule has 2 aliphatic rings. The van der Waals surface area contributed by atoms with Gasteiger partial charge in [0.25, 0.3) is 0 Å². The summed E-state index contributed by atoms with van der Waals surface area (Å²) >= 11 is 0. The first-order valence-corrected chi connectivity index (χ1v) is 7.13. The van der Waals surface area contributed by atoms with Crippen molar-refractivity contribution >= 4 is 11.8 Å². The number of primary amides is 1. The maximum Gasteiger partial charge on any atom is 0.231 e. The van der Waals surface area contributed by atoms with E-state index in [1.807, 2.05) is 4.90 Å². The predicted molar refractivity (Wildman–Crippen MR) is 72.1 cm³/mol. The molecule has 2 amide bonds. The third-order valence-electron chi connectivity index (χ3n) is 4.22. The minimum atomic E-state index is -0.292. The van der Waals surface area contributed by atoms with Gasteiger partial charge in [0, 0.05) is 25.2 Å². The fraction of sp³-hybridized carbons (Fsp3) is 0.846. The lowest BCUT2D eigenvalue weighted by atomic mass is 10.00. The van der Waals surface area contributed by atoms with Crippen LogP contribution < -0.4 is 16.8 Å². The summed E-state index contributed by atoms with van der Waals surface area (Å²) in [4.78, 5) is 25.0. The first-order chi connectivity index (χ1) is 9.06. The molecule has 5 N–H and O–H groups in total. The fourth-order valence-electron chi connectivity index (χ4n) is 3.08. The van der Waals surface area contributed by atoms with Crippen molar-refractivity contribution in [3.05, 3.63) is 0 Å². The third kappa shape index (κ3) is 3.91. The van der Waals surface area contributed by atoms with Gasteiger partial charge in [-0.15, -0.1) is 0 Å². The van der Waals surface area contributed by atoms with Gasteiger partial charge in [0.1, 0.15) is 0 Å². The van der Waals surface area contributed by atoms with E-state index in [-0.39, 0.29) is 29.8 Å². The summed E-state index contributed by atoms with van der Waals surface area (Å²) in [7, 11) is 0. The van der Waals surface area contributed by atoms with Gasteiger partial charge in [-0.2, -0.15) is 0 Å². The van der Waals surface area contributed by atoms with Crippen LogP contribution >= 0.6 is 0 Å². The Kier molecular flexibility index (Phi) is 4.76. The van der Waals surface area contributed by atoms with Crippen molar-refractivity contribution in [2.75, 3.05) is 19.6 Å². The van der Waals surface area contributed by atoms with Gasteiger partial charge in [0.15, 0.2) is 0 Å². The highest BCUT2D eigenvalue weighted by Crippen LogP contribution is 2.24. The Balaban J connectivity index is 1.73. The molecule has 2 rings (SSSR count). The van der Waals surface area contributed by atoms with Crippen LogP contribution in [0.5, 0.6) is 0 Å². The molecule has 0 radical (unpaired) electrons. The Bertz CT molecular complexity index is 340. The molecule has 1 heterocycles. The highest BCUT2D eigenvalue weighted by molar-refractivity contribution is 5.80. The van der Waals surface area contributed by atoms with Crippen LogP contribution in [0.3, 0.4) is 0 Å². The van der Waals surface area contributed by atoms with E-state index in [0.717, 1.165) is 45.2 Å². The summed E-state index contributed by atoms with van der Waals surface area (Å²) in [5.74, 6) is -0.193. The van der Waals surface area contributed by atoms with Crippen molar-refractivity contribution < 1.29 is 9.59 Å². The zero-order valence-corrected chi connectivity index (χ0v) is 11.3. The van der Waals surface area contributed by atoms with Gasteiger partial charge in [0.05, 0.1) is 12.5 Å². The quantitative estimate of drug-likeness (QED) is 0.620. The van der Waals surface area contributed by atoms with Crippen LogP contribution in [-0.2, 0) is 9.59 Å². The van der Waals surface area contributed by atoms with Crippen molar-refractivity contribution in [2.24, 2.45) is 17.4 Å². The van der Waals surface area contributed by atoms with Gasteiger partial charge < -0.3 is 16.8 Å². The number of amides is 2. The summed E-state index contributed by atoms with van der Waals surface area (Å²) in [5, 5.41) is 3.10. The number of nitrogens with one attached hydrogen (secondary N) is 1. The zero-order valence-electron chi connectivity index (χ0n) is 11.3. The van der Waals surface area contributed by atoms with Gasteiger partial charge in [-0.05, 0) is 25.7 Å². The molecule has 2 unspecified atom stereocenters. The average molecular weight is 268 g/mol. The Morgan fingerprint density at radius 1 is 1.16 bits per heavy atom. The molecular weight excluding hydrogens is 244 g/mol. The summed E-state index contributed by atoms with van der Waals surface area (Å²) < 4.78 is 0. The van der Waals surface area contributed by atoms with Crippen LogP contribution in [0, 0.1) is 5.92 Å². The molecule has 1 aliphatic heterocycles. The van der Waals surface area contributed by atoms with Crippen molar-refractivity contribution in [3.8, 4) is 0 Å². The molecule has 19 heavy (non-hydrogen) atoms. The van der Waals surface area contributed by atoms with E-state index in [0.29, 0.717) is 6.54 Å². The fourth-order valence-corrected chi connectivity index (χ4v) is 3.08. The summed E-state index contributed by atoms with van der Waals surface area (Å²) in [6, 6.07) is 0.236. The van der Waals surface area contributed by atoms with E-state index >= 15 is 0 Å². The number of hydrogen-bond donors (Lipinski definition) is 3. The number of nitrogens with two attached hydrogens (primary N) is 2. The number of piperidine rings is 1. The second-order valence-electron chi connectivity index (χ2n) is 5.73. The maximum atomic E-state index is 12.1. The van der Waals surface area contributed by atoms with Crippen molar-refractivity contribution in [2.45, 2.75) is 44.2 Å². The minimum absolute atomic E-state index is 0.0105. The number of likely N-dealkylation sites (tertiary alicyclic amines) is 1. The Morgan fingerprint density at radius 3 is 2.37 bits per heavy atom. The number of nitrogens with zero attached hydrogens (tertiary/aromatic N) is 1. The molecule has 0 aromatic rings. The van der Waals surface area contributed by atoms with Gasteiger partial charge >= 0.3 is 0 Å². The molecule has 1 saturated carbocycles. The minimum Gasteiger partial charge on any atom is -0.369 e. The number of hydrogen-bond acceptors (Lipinski definition) is 4. The van der Waals surface area contributed by atoms with E-state index in [2.05, 4.69) is 5.32 Å². The van der Waals surface area contributed by atoms with E-state index < -0.39 is 0 Å². The molecule has 6 heteroatoms. The van der Waals surface area contributed by atoms with Crippen LogP contribution in [0.25, 0.3) is 0 Å². The van der Waals surface area contributed by atoms with Crippen LogP contribution in [0.4, 0.5) is 0 Å². The highest BCUT2D eigenvalue weighted by Gasteiger charge is 2.32. The lowest BCUT2D eigenvalue weighted by molar-refractivity contribution is -0.126. The molecule has 0 aromatic carbocycles. The van der Waals surface area contributed by atoms with E-state index in [4.69, 9.17) is 11.5 Å². The molecule has 1 aliphatic carbocycles. The first kappa shape index (κ1) is 14.3. The molecule has 0 aromatic heterocycles. The largest absolute Gasteiger partial charge is 0.369 e. The number of rotatable bonds is 4. The summed E-state index contributed by atoms with van der Waals surface area (Å²) in [5.41, 5.74) is 11.1. The average Bonchev–Trinajstić information content (AvgIpc) is 2.77. The monoisotopic (exact) mass is 268 g/mol. The van der Waals surface area contributed by atoms with Gasteiger partial charge in [-0.3, -0.25) is 14.5 Å². The van der Waals surface area contributed by atoms with E-state index in [1.54, 1.807) is 0 Å². The van der Waals surface area contributed by atoms with Crippen LogP contribution in [0.1, 0.15) is 32.1 Å². The number of carbonyl (C=O) groups is 2. The Labute approximate surface area is 113 Å². The van der Waals surface area contributed by atoms with Crippen molar-refractivity contribution in [1.82, 2.24) is 10.2 Å². The van der Waals surface area contributed by atoms with Crippen LogP contribution in [0.15, 0.2) is 0 Å². The smallest absolute Gasteiger partial charge is 0.231 e. The molecule has 2 fully saturated rings. The Hall–Kier alpha value is -1.14. The molecule has 1 saturated heterocycles. The topological polar surface area (TPSA) is 101 Å². The van der Waals surface area contributed by atoms with E-state index in [9.17, 15) is 9.59 Å². The standard InChI is InChI=1S/C13H24N4O2/c14-11-3-1-2-10(11)13(19)16-9-4-6-17(7-5-9)8-12(15)18/h9-11H,1-8,14H2,(H2,15,18)(H,16,19). The third-order valence-corrected chi connectivity index (χ3v) is 4.22. The van der Waals surface area contributed by atoms with Crippen LogP contribution in [-0.4, -0.2) is 48.4 Å². The molecule has 6 nitrogen and oxygen atoms in total. The normalized spacial score (nSPS) is 29.3. The maximum absolute atomic E-state index is 12.1. The predicted octanol–water partition coefficient (Wildman–Crippen LogP) is -0.820. The Morgan fingerprint density at radius 2 is 1.84 bits per heavy atom. The van der Waals surface area contributed by atoms with Crippen molar-refractivity contribution in [1.29, 1.82) is 0 Å². The second-order valence-corrected chi connectivity index (χ2v) is 5.73. The first-order valence-electron chi connectivity index (χ1n) is 7.13. The van der Waals surface area contributed by atoms with Crippen molar-refractivity contribution in [3.63, 3.8) is 0 Å². The second kappa shape index (κ2) is 6.34. The molecular formula is C13H24N4O2. The highest BCUT2D eigenvalue weighted by atomic mass is 16.2.